The van der Waals surface area contributed by atoms with Gasteiger partial charge in [0.2, 0.25) is 11.8 Å². The Kier molecular flexibility index (Phi) is 11.0. The van der Waals surface area contributed by atoms with Gasteiger partial charge in [0.15, 0.2) is 11.3 Å². The number of nitrogens with one attached hydrogen (secondary N) is 2. The lowest BCUT2D eigenvalue weighted by Crippen LogP contribution is -2.47. The molecule has 4 fully saturated rings. The SMILES string of the molecule is C[C@@H]1COCCN1c1ccn2ncc(C(=O)Nc3cn([C@H]4CC[C@H](CN5CCN(Cc6cccc7c6n(C)c(=O)n7[C@H]6CCC(=O)NC6=O)CC5)CC4)nc3C(F)F)c2n1. The Morgan fingerprint density at radius 3 is 2.55 bits per heavy atom. The number of carbonyl (C=O) groups is 3. The summed E-state index contributed by atoms with van der Waals surface area (Å²) >= 11 is 0. The monoisotopic (exact) mass is 828 g/mol. The van der Waals surface area contributed by atoms with Crippen molar-refractivity contribution in [2.45, 2.75) is 76.5 Å². The van der Waals surface area contributed by atoms with E-state index in [1.807, 2.05) is 31.2 Å². The van der Waals surface area contributed by atoms with Crippen LogP contribution in [0.1, 0.15) is 85.6 Å². The quantitative estimate of drug-likeness (QED) is 0.198. The van der Waals surface area contributed by atoms with E-state index >= 15 is 0 Å². The number of morpholine rings is 1. The fraction of sp³-hybridized carbons (Fsp3) is 0.537. The Morgan fingerprint density at radius 1 is 1.02 bits per heavy atom. The van der Waals surface area contributed by atoms with Crippen LogP contribution in [0, 0.1) is 5.92 Å². The smallest absolute Gasteiger partial charge is 0.329 e. The van der Waals surface area contributed by atoms with E-state index in [0.29, 0.717) is 55.6 Å². The van der Waals surface area contributed by atoms with E-state index in [0.717, 1.165) is 69.5 Å². The molecule has 7 heterocycles. The number of piperidine rings is 1. The van der Waals surface area contributed by atoms with Crippen molar-refractivity contribution in [3.8, 4) is 0 Å². The molecule has 3 saturated heterocycles. The third-order valence-corrected chi connectivity index (χ3v) is 12.8. The Balaban J connectivity index is 0.791. The molecule has 0 radical (unpaired) electrons. The normalized spacial score (nSPS) is 23.5. The number of anilines is 2. The molecule has 4 aromatic heterocycles. The molecule has 1 saturated carbocycles. The molecule has 0 bridgehead atoms. The van der Waals surface area contributed by atoms with E-state index in [4.69, 9.17) is 9.72 Å². The van der Waals surface area contributed by atoms with E-state index in [2.05, 4.69) is 35.5 Å². The van der Waals surface area contributed by atoms with Crippen LogP contribution >= 0.6 is 0 Å². The van der Waals surface area contributed by atoms with E-state index in [1.54, 1.807) is 22.5 Å². The van der Waals surface area contributed by atoms with Gasteiger partial charge < -0.3 is 19.9 Å². The number of piperazine rings is 1. The van der Waals surface area contributed by atoms with Gasteiger partial charge in [0.1, 0.15) is 17.4 Å². The first kappa shape index (κ1) is 39.9. The van der Waals surface area contributed by atoms with Crippen LogP contribution in [0.15, 0.2) is 47.7 Å². The molecule has 1 aliphatic carbocycles. The summed E-state index contributed by atoms with van der Waals surface area (Å²) in [6.07, 6.45) is 5.76. The van der Waals surface area contributed by atoms with Gasteiger partial charge >= 0.3 is 5.69 Å². The van der Waals surface area contributed by atoms with Crippen LogP contribution in [0.4, 0.5) is 20.3 Å². The number of ether oxygens (including phenoxy) is 1. The highest BCUT2D eigenvalue weighted by atomic mass is 19.3. The molecule has 5 aromatic rings. The van der Waals surface area contributed by atoms with Gasteiger partial charge in [0.05, 0.1) is 48.2 Å². The van der Waals surface area contributed by atoms with Crippen molar-refractivity contribution in [3.05, 3.63) is 70.2 Å². The number of imidazole rings is 1. The number of halogens is 2. The molecule has 0 unspecified atom stereocenters. The average Bonchev–Trinajstić information content (AvgIpc) is 3.93. The Morgan fingerprint density at radius 2 is 1.80 bits per heavy atom. The van der Waals surface area contributed by atoms with Gasteiger partial charge in [0.25, 0.3) is 12.3 Å². The first-order chi connectivity index (χ1) is 29.0. The number of imide groups is 1. The number of para-hydroxylation sites is 1. The predicted molar refractivity (Wildman–Crippen MR) is 217 cm³/mol. The van der Waals surface area contributed by atoms with Crippen molar-refractivity contribution in [2.24, 2.45) is 13.0 Å². The van der Waals surface area contributed by atoms with Crippen molar-refractivity contribution >= 4 is 45.9 Å². The maximum absolute atomic E-state index is 14.3. The standard InChI is InChI=1S/C41H50F2N12O5/c1-25-24-60-19-18-52(25)33-12-13-53-38(46-33)29(20-44-53)39(57)45-30-23-54(48-35(30)37(42)43)28-8-6-26(7-9-28)21-50-14-16-51(17-15-50)22-27-4-3-5-31-36(27)49(2)41(59)55(31)32-10-11-34(56)47-40(32)58/h3-5,12-13,20,23,25-26,28,32,37H,6-11,14-19,21-22,24H2,1-2H3,(H,45,57)(H,47,56,58)/t25-,26-,28-,32+/m1/s1. The molecule has 17 nitrogen and oxygen atoms in total. The number of alkyl halides is 2. The van der Waals surface area contributed by atoms with Crippen LogP contribution < -0.4 is 21.2 Å². The van der Waals surface area contributed by atoms with Gasteiger partial charge in [-0.05, 0) is 62.6 Å². The molecule has 0 spiro atoms. The topological polar surface area (TPSA) is 169 Å². The second-order valence-electron chi connectivity index (χ2n) is 16.6. The Bertz CT molecular complexity index is 2480. The fourth-order valence-electron chi connectivity index (χ4n) is 9.49. The highest BCUT2D eigenvalue weighted by molar-refractivity contribution is 6.08. The molecular weight excluding hydrogens is 779 g/mol. The number of nitrogens with zero attached hydrogens (tertiary/aromatic N) is 10. The van der Waals surface area contributed by atoms with Crippen molar-refractivity contribution in [1.29, 1.82) is 0 Å². The highest BCUT2D eigenvalue weighted by Gasteiger charge is 2.33. The van der Waals surface area contributed by atoms with Gasteiger partial charge in [-0.2, -0.15) is 10.2 Å². The summed E-state index contributed by atoms with van der Waals surface area (Å²) in [6.45, 7) is 9.02. The summed E-state index contributed by atoms with van der Waals surface area (Å²) < 4.78 is 40.4. The summed E-state index contributed by atoms with van der Waals surface area (Å²) in [5.41, 5.74) is 2.28. The summed E-state index contributed by atoms with van der Waals surface area (Å²) in [6, 6.07) is 6.98. The maximum atomic E-state index is 14.3. The second-order valence-corrected chi connectivity index (χ2v) is 16.6. The number of carbonyl (C=O) groups excluding carboxylic acids is 3. The Labute approximate surface area is 344 Å². The van der Waals surface area contributed by atoms with E-state index in [-0.39, 0.29) is 41.4 Å². The van der Waals surface area contributed by atoms with Gasteiger partial charge in [-0.1, -0.05) is 12.1 Å². The zero-order valence-electron chi connectivity index (χ0n) is 33.8. The van der Waals surface area contributed by atoms with Gasteiger partial charge in [-0.3, -0.25) is 38.4 Å². The molecule has 318 valence electrons. The summed E-state index contributed by atoms with van der Waals surface area (Å²) in [5, 5.41) is 13.6. The predicted octanol–water partition coefficient (Wildman–Crippen LogP) is 3.52. The van der Waals surface area contributed by atoms with Gasteiger partial charge in [-0.25, -0.2) is 23.1 Å². The van der Waals surface area contributed by atoms with Crippen LogP contribution in [0.5, 0.6) is 0 Å². The third-order valence-electron chi connectivity index (χ3n) is 12.8. The summed E-state index contributed by atoms with van der Waals surface area (Å²) in [5.74, 6) is -0.182. The number of rotatable bonds is 10. The largest absolute Gasteiger partial charge is 0.377 e. The first-order valence-electron chi connectivity index (χ1n) is 20.9. The Hall–Kier alpha value is -5.53. The van der Waals surface area contributed by atoms with Crippen LogP contribution in [-0.2, 0) is 27.9 Å². The number of benzene rings is 1. The lowest BCUT2D eigenvalue weighted by molar-refractivity contribution is -0.135. The zero-order chi connectivity index (χ0) is 41.7. The minimum Gasteiger partial charge on any atom is -0.377 e. The molecule has 4 aliphatic rings. The van der Waals surface area contributed by atoms with Crippen LogP contribution in [0.25, 0.3) is 16.7 Å². The van der Waals surface area contributed by atoms with Gasteiger partial charge in [0, 0.05) is 71.7 Å². The molecule has 3 aliphatic heterocycles. The van der Waals surface area contributed by atoms with Gasteiger partial charge in [-0.15, -0.1) is 0 Å². The lowest BCUT2D eigenvalue weighted by Gasteiger charge is -2.38. The molecule has 2 N–H and O–H groups in total. The van der Waals surface area contributed by atoms with E-state index in [1.165, 1.54) is 21.5 Å². The molecular formula is C41H50F2N12O5. The molecule has 19 heteroatoms. The molecule has 3 amide bonds. The molecule has 1 aromatic carbocycles. The highest BCUT2D eigenvalue weighted by Crippen LogP contribution is 2.36. The zero-order valence-corrected chi connectivity index (χ0v) is 33.8. The van der Waals surface area contributed by atoms with Crippen molar-refractivity contribution < 1.29 is 27.9 Å². The van der Waals surface area contributed by atoms with Crippen molar-refractivity contribution in [2.75, 3.05) is 62.7 Å². The van der Waals surface area contributed by atoms with E-state index in [9.17, 15) is 28.0 Å². The number of aryl methyl sites for hydroxylation is 1. The summed E-state index contributed by atoms with van der Waals surface area (Å²) in [7, 11) is 1.73. The van der Waals surface area contributed by atoms with Crippen molar-refractivity contribution in [3.63, 3.8) is 0 Å². The fourth-order valence-corrected chi connectivity index (χ4v) is 9.49. The average molecular weight is 829 g/mol. The van der Waals surface area contributed by atoms with Crippen LogP contribution in [-0.4, -0.2) is 120 Å². The minimum absolute atomic E-state index is 0.0161. The van der Waals surface area contributed by atoms with Crippen LogP contribution in [0.3, 0.4) is 0 Å². The summed E-state index contributed by atoms with van der Waals surface area (Å²) in [4.78, 5) is 63.1. The second kappa shape index (κ2) is 16.5. The molecule has 9 rings (SSSR count). The number of hydrogen-bond donors (Lipinski definition) is 2. The van der Waals surface area contributed by atoms with Crippen LogP contribution in [0.2, 0.25) is 0 Å². The van der Waals surface area contributed by atoms with E-state index < -0.39 is 30.0 Å². The number of hydrogen-bond acceptors (Lipinski definition) is 11. The third kappa shape index (κ3) is 7.69. The number of amides is 3. The van der Waals surface area contributed by atoms with Crippen molar-refractivity contribution in [1.82, 2.24) is 48.6 Å². The number of aromatic nitrogens is 7. The molecule has 2 atom stereocenters. The minimum atomic E-state index is -2.87. The maximum Gasteiger partial charge on any atom is 0.329 e. The lowest BCUT2D eigenvalue weighted by atomic mass is 9.85. The first-order valence-corrected chi connectivity index (χ1v) is 20.9. The molecule has 60 heavy (non-hydrogen) atoms. The number of fused-ring (bicyclic) bond motifs is 2.